The van der Waals surface area contributed by atoms with E-state index >= 15 is 0 Å². The Labute approximate surface area is 101 Å². The highest BCUT2D eigenvalue weighted by Crippen LogP contribution is 2.61. The van der Waals surface area contributed by atoms with Gasteiger partial charge in [-0.1, -0.05) is 11.6 Å². The molecule has 0 aromatic carbocycles. The highest BCUT2D eigenvalue weighted by Gasteiger charge is 2.74. The van der Waals surface area contributed by atoms with E-state index in [2.05, 4.69) is 4.74 Å². The first kappa shape index (κ1) is 13.6. The molecule has 0 aliphatic heterocycles. The maximum Gasteiger partial charge on any atom is 0.320 e. The van der Waals surface area contributed by atoms with E-state index in [1.165, 1.54) is 21.0 Å². The molecule has 0 amide bonds. The van der Waals surface area contributed by atoms with E-state index in [-0.39, 0.29) is 17.5 Å². The predicted molar refractivity (Wildman–Crippen MR) is 62.2 cm³/mol. The SMILES string of the molecule is COC(=O)C1(C(C)=O)[C@H](C=C(C)C)[C@H]1C(C)=O. The van der Waals surface area contributed by atoms with Crippen molar-refractivity contribution in [3.05, 3.63) is 11.6 Å². The average Bonchev–Trinajstić information content (AvgIpc) is 2.85. The van der Waals surface area contributed by atoms with Crippen LogP contribution in [0.15, 0.2) is 11.6 Å². The van der Waals surface area contributed by atoms with Gasteiger partial charge in [-0.2, -0.15) is 0 Å². The Morgan fingerprint density at radius 1 is 1.12 bits per heavy atom. The summed E-state index contributed by atoms with van der Waals surface area (Å²) in [4.78, 5) is 35.1. The molecule has 4 nitrogen and oxygen atoms in total. The van der Waals surface area contributed by atoms with E-state index in [1.54, 1.807) is 0 Å². The Bertz CT molecular complexity index is 404. The zero-order valence-corrected chi connectivity index (χ0v) is 10.9. The summed E-state index contributed by atoms with van der Waals surface area (Å²) in [5.41, 5.74) is -0.300. The van der Waals surface area contributed by atoms with Crippen molar-refractivity contribution in [3.8, 4) is 0 Å². The van der Waals surface area contributed by atoms with Crippen LogP contribution in [0.2, 0.25) is 0 Å². The molecule has 1 unspecified atom stereocenters. The van der Waals surface area contributed by atoms with Crippen molar-refractivity contribution in [2.45, 2.75) is 27.7 Å². The topological polar surface area (TPSA) is 60.4 Å². The van der Waals surface area contributed by atoms with Gasteiger partial charge in [0.1, 0.15) is 17.0 Å². The molecule has 0 bridgehead atoms. The first-order valence-corrected chi connectivity index (χ1v) is 5.55. The van der Waals surface area contributed by atoms with Crippen LogP contribution in [0.5, 0.6) is 0 Å². The monoisotopic (exact) mass is 238 g/mol. The minimum Gasteiger partial charge on any atom is -0.468 e. The summed E-state index contributed by atoms with van der Waals surface area (Å²) in [5.74, 6) is -1.97. The first-order chi connectivity index (χ1) is 7.79. The maximum atomic E-state index is 11.8. The second kappa shape index (κ2) is 4.43. The van der Waals surface area contributed by atoms with Crippen LogP contribution in [0.1, 0.15) is 27.7 Å². The molecule has 0 N–H and O–H groups in total. The smallest absolute Gasteiger partial charge is 0.320 e. The van der Waals surface area contributed by atoms with Crippen molar-refractivity contribution in [1.29, 1.82) is 0 Å². The quantitative estimate of drug-likeness (QED) is 0.423. The number of esters is 1. The highest BCUT2D eigenvalue weighted by molar-refractivity contribution is 6.12. The van der Waals surface area contributed by atoms with Crippen LogP contribution in [0, 0.1) is 17.3 Å². The zero-order chi connectivity index (χ0) is 13.4. The summed E-state index contributed by atoms with van der Waals surface area (Å²) in [6.07, 6.45) is 1.81. The Morgan fingerprint density at radius 2 is 1.65 bits per heavy atom. The molecule has 1 fully saturated rings. The fraction of sp³-hybridized carbons (Fsp3) is 0.615. The van der Waals surface area contributed by atoms with Crippen molar-refractivity contribution in [2.75, 3.05) is 7.11 Å². The lowest BCUT2D eigenvalue weighted by atomic mass is 9.95. The van der Waals surface area contributed by atoms with Crippen LogP contribution >= 0.6 is 0 Å². The summed E-state index contributed by atoms with van der Waals surface area (Å²) in [7, 11) is 1.24. The molecule has 0 radical (unpaired) electrons. The second-order valence-electron chi connectivity index (χ2n) is 4.77. The van der Waals surface area contributed by atoms with E-state index in [0.717, 1.165) is 5.57 Å². The lowest BCUT2D eigenvalue weighted by molar-refractivity contribution is -0.153. The molecule has 4 heteroatoms. The number of hydrogen-bond donors (Lipinski definition) is 0. The summed E-state index contributed by atoms with van der Waals surface area (Å²) >= 11 is 0. The predicted octanol–water partition coefficient (Wildman–Crippen LogP) is 1.54. The van der Waals surface area contributed by atoms with Gasteiger partial charge in [-0.15, -0.1) is 0 Å². The molecule has 0 aromatic heterocycles. The highest BCUT2D eigenvalue weighted by atomic mass is 16.5. The molecular formula is C13H18O4. The number of Topliss-reactive ketones (excluding diaryl/α,β-unsaturated/α-hetero) is 2. The van der Waals surface area contributed by atoms with Crippen LogP contribution in [0.3, 0.4) is 0 Å². The third kappa shape index (κ3) is 1.92. The van der Waals surface area contributed by atoms with Gasteiger partial charge in [0, 0.05) is 11.8 Å². The number of hydrogen-bond acceptors (Lipinski definition) is 4. The van der Waals surface area contributed by atoms with Crippen LogP contribution in [-0.2, 0) is 19.1 Å². The van der Waals surface area contributed by atoms with Gasteiger partial charge < -0.3 is 4.74 Å². The van der Waals surface area contributed by atoms with E-state index in [1.807, 2.05) is 19.9 Å². The van der Waals surface area contributed by atoms with Crippen molar-refractivity contribution in [3.63, 3.8) is 0 Å². The third-order valence-electron chi connectivity index (χ3n) is 3.32. The molecule has 94 valence electrons. The van der Waals surface area contributed by atoms with Gasteiger partial charge in [-0.3, -0.25) is 14.4 Å². The molecule has 1 saturated carbocycles. The number of methoxy groups -OCH3 is 1. The molecule has 17 heavy (non-hydrogen) atoms. The minimum absolute atomic E-state index is 0.145. The number of allylic oxidation sites excluding steroid dienone is 2. The molecule has 1 aliphatic carbocycles. The Hall–Kier alpha value is -1.45. The normalized spacial score (nSPS) is 30.4. The van der Waals surface area contributed by atoms with E-state index in [0.29, 0.717) is 0 Å². The van der Waals surface area contributed by atoms with E-state index in [4.69, 9.17) is 0 Å². The summed E-state index contributed by atoms with van der Waals surface area (Å²) < 4.78 is 4.69. The van der Waals surface area contributed by atoms with Gasteiger partial charge >= 0.3 is 5.97 Å². The van der Waals surface area contributed by atoms with Crippen LogP contribution < -0.4 is 0 Å². The molecule has 0 heterocycles. The summed E-state index contributed by atoms with van der Waals surface area (Å²) in [6.45, 7) is 6.49. The van der Waals surface area contributed by atoms with Gasteiger partial charge in [0.15, 0.2) is 0 Å². The number of carbonyl (C=O) groups excluding carboxylic acids is 3. The van der Waals surface area contributed by atoms with Crippen molar-refractivity contribution >= 4 is 17.5 Å². The lowest BCUT2D eigenvalue weighted by Gasteiger charge is -2.10. The van der Waals surface area contributed by atoms with Gasteiger partial charge in [0.05, 0.1) is 7.11 Å². The number of rotatable bonds is 4. The standard InChI is InChI=1S/C13H18O4/c1-7(2)6-10-11(8(3)14)13(10,9(4)15)12(16)17-5/h6,10-11H,1-5H3/t10-,11-,13?/m1/s1. The average molecular weight is 238 g/mol. The minimum atomic E-state index is -1.28. The van der Waals surface area contributed by atoms with Crippen molar-refractivity contribution < 1.29 is 19.1 Å². The van der Waals surface area contributed by atoms with E-state index < -0.39 is 17.3 Å². The summed E-state index contributed by atoms with van der Waals surface area (Å²) in [6, 6.07) is 0. The van der Waals surface area contributed by atoms with Crippen LogP contribution in [0.25, 0.3) is 0 Å². The summed E-state index contributed by atoms with van der Waals surface area (Å²) in [5, 5.41) is 0. The largest absolute Gasteiger partial charge is 0.468 e. The van der Waals surface area contributed by atoms with Gasteiger partial charge in [-0.05, 0) is 27.7 Å². The molecular weight excluding hydrogens is 220 g/mol. The van der Waals surface area contributed by atoms with Gasteiger partial charge in [-0.25, -0.2) is 0 Å². The maximum absolute atomic E-state index is 11.8. The van der Waals surface area contributed by atoms with Crippen LogP contribution in [0.4, 0.5) is 0 Å². The Kier molecular flexibility index (Phi) is 3.55. The first-order valence-electron chi connectivity index (χ1n) is 5.55. The number of ether oxygens (including phenoxy) is 1. The Balaban J connectivity index is 3.23. The zero-order valence-electron chi connectivity index (χ0n) is 10.9. The van der Waals surface area contributed by atoms with Gasteiger partial charge in [0.25, 0.3) is 0 Å². The van der Waals surface area contributed by atoms with Gasteiger partial charge in [0.2, 0.25) is 0 Å². The third-order valence-corrected chi connectivity index (χ3v) is 3.32. The van der Waals surface area contributed by atoms with E-state index in [9.17, 15) is 14.4 Å². The molecule has 0 aromatic rings. The molecule has 0 spiro atoms. The second-order valence-corrected chi connectivity index (χ2v) is 4.77. The Morgan fingerprint density at radius 3 is 1.94 bits per heavy atom. The fourth-order valence-corrected chi connectivity index (χ4v) is 2.60. The molecule has 1 rings (SSSR count). The molecule has 0 saturated heterocycles. The van der Waals surface area contributed by atoms with Crippen LogP contribution in [-0.4, -0.2) is 24.6 Å². The number of ketones is 2. The molecule has 1 aliphatic rings. The lowest BCUT2D eigenvalue weighted by Crippen LogP contribution is -2.30. The molecule has 3 atom stereocenters. The number of carbonyl (C=O) groups is 3. The van der Waals surface area contributed by atoms with Crippen molar-refractivity contribution in [1.82, 2.24) is 0 Å². The van der Waals surface area contributed by atoms with Crippen molar-refractivity contribution in [2.24, 2.45) is 17.3 Å². The fourth-order valence-electron chi connectivity index (χ4n) is 2.60.